The Labute approximate surface area is 160 Å². The minimum absolute atomic E-state index is 0.123. The number of alkyl halides is 3. The van der Waals surface area contributed by atoms with E-state index in [4.69, 9.17) is 0 Å². The van der Waals surface area contributed by atoms with E-state index < -0.39 is 11.2 Å². The molecule has 1 aliphatic rings. The quantitative estimate of drug-likeness (QED) is 0.556. The molecule has 144 valence electrons. The van der Waals surface area contributed by atoms with Gasteiger partial charge in [0.15, 0.2) is 5.01 Å². The fourth-order valence-electron chi connectivity index (χ4n) is 2.90. The Bertz CT molecular complexity index is 778. The van der Waals surface area contributed by atoms with Gasteiger partial charge in [-0.1, -0.05) is 34.6 Å². The molecule has 0 aliphatic heterocycles. The lowest BCUT2D eigenvalue weighted by Gasteiger charge is -2.24. The number of nitrogens with zero attached hydrogens (tertiary/aromatic N) is 2. The second-order valence-corrected chi connectivity index (χ2v) is 10.8. The van der Waals surface area contributed by atoms with E-state index in [0.29, 0.717) is 18.0 Å². The fraction of sp³-hybridized carbons (Fsp3) is 0.684. The normalized spacial score (nSPS) is 16.3. The number of hydrogen-bond donors (Lipinski definition) is 0. The first kappa shape index (κ1) is 19.8. The second-order valence-electron chi connectivity index (χ2n) is 8.76. The van der Waals surface area contributed by atoms with Gasteiger partial charge in [0.05, 0.1) is 10.7 Å². The van der Waals surface area contributed by atoms with E-state index in [2.05, 4.69) is 23.8 Å². The molecule has 0 spiro atoms. The van der Waals surface area contributed by atoms with Crippen LogP contribution in [-0.2, 0) is 23.4 Å². The highest BCUT2D eigenvalue weighted by Crippen LogP contribution is 2.45. The zero-order chi connectivity index (χ0) is 19.3. The zero-order valence-corrected chi connectivity index (χ0v) is 17.5. The van der Waals surface area contributed by atoms with Crippen molar-refractivity contribution < 1.29 is 13.2 Å². The summed E-state index contributed by atoms with van der Waals surface area (Å²) >= 11 is 2.55. The van der Waals surface area contributed by atoms with Crippen molar-refractivity contribution in [2.45, 2.75) is 83.2 Å². The molecule has 1 saturated carbocycles. The van der Waals surface area contributed by atoms with Crippen LogP contribution in [0.4, 0.5) is 13.2 Å². The minimum atomic E-state index is -4.38. The first-order valence-electron chi connectivity index (χ1n) is 8.91. The predicted molar refractivity (Wildman–Crippen MR) is 101 cm³/mol. The lowest BCUT2D eigenvalue weighted by Crippen LogP contribution is -2.18. The number of rotatable bonds is 5. The summed E-state index contributed by atoms with van der Waals surface area (Å²) in [5, 5.41) is 0.473. The van der Waals surface area contributed by atoms with Crippen LogP contribution in [-0.4, -0.2) is 9.97 Å². The summed E-state index contributed by atoms with van der Waals surface area (Å²) in [5.41, 5.74) is 0.126. The zero-order valence-electron chi connectivity index (χ0n) is 15.8. The minimum Gasteiger partial charge on any atom is -0.249 e. The average molecular weight is 403 g/mol. The number of halogens is 3. The monoisotopic (exact) mass is 402 g/mol. The third-order valence-electron chi connectivity index (χ3n) is 4.73. The molecule has 0 unspecified atom stereocenters. The third-order valence-corrected chi connectivity index (χ3v) is 7.82. The van der Waals surface area contributed by atoms with Crippen molar-refractivity contribution in [3.63, 3.8) is 0 Å². The SMILES string of the molecule is CC(C)(C)c1sc(C(F)(F)F)nc1CCC(C)(C)c1cnc(C2CC2)s1. The van der Waals surface area contributed by atoms with E-state index in [0.717, 1.165) is 22.6 Å². The predicted octanol–water partition coefficient (Wildman–Crippen LogP) is 6.70. The first-order valence-corrected chi connectivity index (χ1v) is 10.5. The molecule has 1 aliphatic carbocycles. The van der Waals surface area contributed by atoms with Gasteiger partial charge in [0.1, 0.15) is 0 Å². The van der Waals surface area contributed by atoms with Crippen LogP contribution < -0.4 is 0 Å². The molecule has 0 bridgehead atoms. The Hall–Kier alpha value is -0.950. The fourth-order valence-corrected chi connectivity index (χ4v) is 5.16. The van der Waals surface area contributed by atoms with Crippen molar-refractivity contribution in [3.8, 4) is 0 Å². The highest BCUT2D eigenvalue weighted by Gasteiger charge is 2.38. The van der Waals surface area contributed by atoms with Gasteiger partial charge in [0.25, 0.3) is 0 Å². The van der Waals surface area contributed by atoms with Crippen molar-refractivity contribution in [2.24, 2.45) is 0 Å². The Kier molecular flexibility index (Phi) is 5.02. The van der Waals surface area contributed by atoms with Crippen LogP contribution in [0.15, 0.2) is 6.20 Å². The molecule has 7 heteroatoms. The highest BCUT2D eigenvalue weighted by atomic mass is 32.1. The summed E-state index contributed by atoms with van der Waals surface area (Å²) in [5.74, 6) is 0.630. The Morgan fingerprint density at radius 3 is 2.27 bits per heavy atom. The molecule has 2 aromatic rings. The molecule has 0 radical (unpaired) electrons. The van der Waals surface area contributed by atoms with Crippen molar-refractivity contribution in [1.82, 2.24) is 9.97 Å². The maximum Gasteiger partial charge on any atom is 0.443 e. The van der Waals surface area contributed by atoms with Crippen LogP contribution in [0.2, 0.25) is 0 Å². The smallest absolute Gasteiger partial charge is 0.249 e. The summed E-state index contributed by atoms with van der Waals surface area (Å²) in [6, 6.07) is 0. The molecule has 1 fully saturated rings. The first-order chi connectivity index (χ1) is 11.9. The van der Waals surface area contributed by atoms with Crippen molar-refractivity contribution >= 4 is 22.7 Å². The molecule has 2 heterocycles. The molecular formula is C19H25F3N2S2. The lowest BCUT2D eigenvalue weighted by atomic mass is 9.84. The molecule has 2 nitrogen and oxygen atoms in total. The van der Waals surface area contributed by atoms with Gasteiger partial charge in [-0.3, -0.25) is 0 Å². The third kappa shape index (κ3) is 4.30. The standard InChI is InChI=1S/C19H25F3N2S2/c1-17(2,3)14-12(24-16(26-14)19(20,21)22)8-9-18(4,5)13-10-23-15(25-13)11-6-7-11/h10-11H,6-9H2,1-5H3. The van der Waals surface area contributed by atoms with Gasteiger partial charge in [-0.2, -0.15) is 13.2 Å². The van der Waals surface area contributed by atoms with Crippen molar-refractivity contribution in [3.05, 3.63) is 31.7 Å². The van der Waals surface area contributed by atoms with Gasteiger partial charge in [-0.25, -0.2) is 9.97 Å². The van der Waals surface area contributed by atoms with Gasteiger partial charge in [0, 0.05) is 27.3 Å². The Morgan fingerprint density at radius 1 is 1.08 bits per heavy atom. The van der Waals surface area contributed by atoms with Gasteiger partial charge >= 0.3 is 6.18 Å². The van der Waals surface area contributed by atoms with E-state index >= 15 is 0 Å². The molecule has 0 saturated heterocycles. The maximum atomic E-state index is 13.1. The topological polar surface area (TPSA) is 25.8 Å². The largest absolute Gasteiger partial charge is 0.443 e. The Morgan fingerprint density at radius 2 is 1.73 bits per heavy atom. The molecule has 0 amide bonds. The van der Waals surface area contributed by atoms with E-state index in [-0.39, 0.29) is 10.8 Å². The molecule has 0 atom stereocenters. The summed E-state index contributed by atoms with van der Waals surface area (Å²) in [6.07, 6.45) is 1.31. The molecular weight excluding hydrogens is 377 g/mol. The van der Waals surface area contributed by atoms with Crippen LogP contribution in [0.3, 0.4) is 0 Å². The summed E-state index contributed by atoms with van der Waals surface area (Å²) in [7, 11) is 0. The van der Waals surface area contributed by atoms with E-state index in [1.807, 2.05) is 27.0 Å². The van der Waals surface area contributed by atoms with E-state index in [9.17, 15) is 13.2 Å². The number of aromatic nitrogens is 2. The van der Waals surface area contributed by atoms with Crippen LogP contribution in [0.5, 0.6) is 0 Å². The van der Waals surface area contributed by atoms with Gasteiger partial charge < -0.3 is 0 Å². The van der Waals surface area contributed by atoms with Crippen LogP contribution >= 0.6 is 22.7 Å². The van der Waals surface area contributed by atoms with Crippen LogP contribution in [0.1, 0.15) is 85.3 Å². The molecule has 26 heavy (non-hydrogen) atoms. The molecule has 2 aromatic heterocycles. The molecule has 0 N–H and O–H groups in total. The summed E-state index contributed by atoms with van der Waals surface area (Å²) < 4.78 is 39.4. The summed E-state index contributed by atoms with van der Waals surface area (Å²) in [4.78, 5) is 10.5. The van der Waals surface area contributed by atoms with E-state index in [1.165, 1.54) is 22.7 Å². The lowest BCUT2D eigenvalue weighted by molar-refractivity contribution is -0.137. The van der Waals surface area contributed by atoms with Gasteiger partial charge in [-0.15, -0.1) is 22.7 Å². The van der Waals surface area contributed by atoms with Gasteiger partial charge in [-0.05, 0) is 31.1 Å². The van der Waals surface area contributed by atoms with E-state index in [1.54, 1.807) is 11.3 Å². The van der Waals surface area contributed by atoms with Crippen LogP contribution in [0.25, 0.3) is 0 Å². The van der Waals surface area contributed by atoms with Crippen molar-refractivity contribution in [2.75, 3.05) is 0 Å². The average Bonchev–Trinajstić information content (AvgIpc) is 3.05. The van der Waals surface area contributed by atoms with Crippen LogP contribution in [0, 0.1) is 0 Å². The maximum absolute atomic E-state index is 13.1. The van der Waals surface area contributed by atoms with Crippen molar-refractivity contribution in [1.29, 1.82) is 0 Å². The molecule has 3 rings (SSSR count). The molecule has 0 aromatic carbocycles. The highest BCUT2D eigenvalue weighted by molar-refractivity contribution is 7.12. The number of thiazole rings is 2. The second kappa shape index (κ2) is 6.59. The Balaban J connectivity index is 1.80. The number of aryl methyl sites for hydroxylation is 1. The number of hydrogen-bond acceptors (Lipinski definition) is 4. The summed E-state index contributed by atoms with van der Waals surface area (Å²) in [6.45, 7) is 10.1. The van der Waals surface area contributed by atoms with Gasteiger partial charge in [0.2, 0.25) is 0 Å².